The Bertz CT molecular complexity index is 862. The molecule has 0 heterocycles. The summed E-state index contributed by atoms with van der Waals surface area (Å²) in [6.07, 6.45) is 0. The third kappa shape index (κ3) is 3.58. The maximum Gasteiger partial charge on any atom is 0.123 e. The van der Waals surface area contributed by atoms with Gasteiger partial charge >= 0.3 is 0 Å². The molecule has 0 aliphatic carbocycles. The summed E-state index contributed by atoms with van der Waals surface area (Å²) in [6.45, 7) is 13.2. The highest BCUT2D eigenvalue weighted by Gasteiger charge is 2.28. The molecule has 0 amide bonds. The van der Waals surface area contributed by atoms with E-state index in [1.165, 1.54) is 27.8 Å². The van der Waals surface area contributed by atoms with Crippen molar-refractivity contribution >= 4 is 0 Å². The lowest BCUT2D eigenvalue weighted by Crippen LogP contribution is -2.08. The summed E-state index contributed by atoms with van der Waals surface area (Å²) in [4.78, 5) is 0. The topological polar surface area (TPSA) is 20.2 Å². The summed E-state index contributed by atoms with van der Waals surface area (Å²) in [5.74, 6) is 1.26. The number of benzene rings is 3. The second-order valence-corrected chi connectivity index (χ2v) is 8.54. The fourth-order valence-electron chi connectivity index (χ4n) is 4.33. The third-order valence-electron chi connectivity index (χ3n) is 5.44. The molecule has 1 heteroatoms. The average Bonchev–Trinajstić information content (AvgIpc) is 2.67. The summed E-state index contributed by atoms with van der Waals surface area (Å²) in [5.41, 5.74) is 8.23. The van der Waals surface area contributed by atoms with E-state index in [4.69, 9.17) is 0 Å². The van der Waals surface area contributed by atoms with Gasteiger partial charge in [-0.1, -0.05) is 102 Å². The van der Waals surface area contributed by atoms with Crippen LogP contribution in [0, 0.1) is 0 Å². The minimum absolute atomic E-state index is 0.232. The molecule has 0 aliphatic heterocycles. The Kier molecular flexibility index (Phi) is 5.93. The Hall–Kier alpha value is -2.54. The van der Waals surface area contributed by atoms with E-state index < -0.39 is 0 Å². The maximum absolute atomic E-state index is 11.5. The van der Waals surface area contributed by atoms with Crippen LogP contribution in [0.4, 0.5) is 0 Å². The van der Waals surface area contributed by atoms with Gasteiger partial charge in [-0.25, -0.2) is 0 Å². The van der Waals surface area contributed by atoms with E-state index in [0.717, 1.165) is 11.1 Å². The molecular weight excluding hydrogens is 340 g/mol. The molecule has 0 aliphatic rings. The van der Waals surface area contributed by atoms with Crippen LogP contribution in [0.15, 0.2) is 60.7 Å². The Morgan fingerprint density at radius 2 is 0.821 bits per heavy atom. The fourth-order valence-corrected chi connectivity index (χ4v) is 4.33. The highest BCUT2D eigenvalue weighted by Crippen LogP contribution is 2.51. The van der Waals surface area contributed by atoms with Gasteiger partial charge in [0.2, 0.25) is 0 Å². The van der Waals surface area contributed by atoms with Gasteiger partial charge in [0.05, 0.1) is 0 Å². The summed E-state index contributed by atoms with van der Waals surface area (Å²) >= 11 is 0. The van der Waals surface area contributed by atoms with Gasteiger partial charge in [0, 0.05) is 11.1 Å². The summed E-state index contributed by atoms with van der Waals surface area (Å²) in [5, 5.41) is 11.5. The van der Waals surface area contributed by atoms with Gasteiger partial charge < -0.3 is 5.11 Å². The van der Waals surface area contributed by atoms with Crippen LogP contribution in [0.1, 0.15) is 76.0 Å². The molecule has 3 aromatic carbocycles. The van der Waals surface area contributed by atoms with Crippen molar-refractivity contribution in [2.24, 2.45) is 0 Å². The lowest BCUT2D eigenvalue weighted by molar-refractivity contribution is 0.455. The molecular formula is C27H32O. The van der Waals surface area contributed by atoms with Gasteiger partial charge in [-0.3, -0.25) is 0 Å². The van der Waals surface area contributed by atoms with Gasteiger partial charge in [0.15, 0.2) is 0 Å². The first kappa shape index (κ1) is 20.2. The Morgan fingerprint density at radius 3 is 1.11 bits per heavy atom. The standard InChI is InChI=1S/C27H32O/c1-17(2)22-25(20-13-9-7-10-14-20)23(18(3)4)27(28)24(19(5)6)26(22)21-15-11-8-12-16-21/h7-19,28H,1-6H3. The van der Waals surface area contributed by atoms with E-state index in [1.807, 2.05) is 12.1 Å². The van der Waals surface area contributed by atoms with Crippen molar-refractivity contribution in [2.45, 2.75) is 59.3 Å². The van der Waals surface area contributed by atoms with E-state index in [0.29, 0.717) is 11.7 Å². The molecule has 0 spiro atoms. The molecule has 0 aromatic heterocycles. The molecule has 0 fully saturated rings. The molecule has 28 heavy (non-hydrogen) atoms. The minimum atomic E-state index is 0.232. The van der Waals surface area contributed by atoms with E-state index in [-0.39, 0.29) is 11.8 Å². The van der Waals surface area contributed by atoms with E-state index in [1.54, 1.807) is 0 Å². The first-order chi connectivity index (χ1) is 13.3. The van der Waals surface area contributed by atoms with Crippen molar-refractivity contribution in [1.29, 1.82) is 0 Å². The van der Waals surface area contributed by atoms with Crippen molar-refractivity contribution in [3.8, 4) is 28.0 Å². The fraction of sp³-hybridized carbons (Fsp3) is 0.333. The number of rotatable bonds is 5. The highest BCUT2D eigenvalue weighted by molar-refractivity contribution is 5.87. The lowest BCUT2D eigenvalue weighted by Gasteiger charge is -2.29. The number of hydrogen-bond donors (Lipinski definition) is 1. The van der Waals surface area contributed by atoms with Gasteiger partial charge in [-0.05, 0) is 45.6 Å². The minimum Gasteiger partial charge on any atom is -0.507 e. The van der Waals surface area contributed by atoms with Crippen LogP contribution < -0.4 is 0 Å². The molecule has 1 nitrogen and oxygen atoms in total. The number of phenolic OH excluding ortho intramolecular Hbond substituents is 1. The van der Waals surface area contributed by atoms with Crippen LogP contribution in [-0.4, -0.2) is 5.11 Å². The van der Waals surface area contributed by atoms with Gasteiger partial charge in [0.1, 0.15) is 5.75 Å². The van der Waals surface area contributed by atoms with E-state index >= 15 is 0 Å². The third-order valence-corrected chi connectivity index (χ3v) is 5.44. The van der Waals surface area contributed by atoms with Crippen LogP contribution >= 0.6 is 0 Å². The average molecular weight is 373 g/mol. The summed E-state index contributed by atoms with van der Waals surface area (Å²) < 4.78 is 0. The SMILES string of the molecule is CC(C)c1c(O)c(C(C)C)c(-c2ccccc2)c(C(C)C)c1-c1ccccc1. The second kappa shape index (κ2) is 8.22. The Balaban J connectivity index is 2.57. The van der Waals surface area contributed by atoms with Gasteiger partial charge in [-0.15, -0.1) is 0 Å². The van der Waals surface area contributed by atoms with Crippen LogP contribution in [-0.2, 0) is 0 Å². The first-order valence-corrected chi connectivity index (χ1v) is 10.4. The zero-order valence-electron chi connectivity index (χ0n) is 18.0. The van der Waals surface area contributed by atoms with Crippen molar-refractivity contribution in [2.75, 3.05) is 0 Å². The smallest absolute Gasteiger partial charge is 0.123 e. The molecule has 146 valence electrons. The molecule has 0 bridgehead atoms. The van der Waals surface area contributed by atoms with E-state index in [2.05, 4.69) is 90.1 Å². The molecule has 0 atom stereocenters. The van der Waals surface area contributed by atoms with Crippen molar-refractivity contribution in [3.05, 3.63) is 77.4 Å². The first-order valence-electron chi connectivity index (χ1n) is 10.4. The zero-order chi connectivity index (χ0) is 20.4. The number of phenols is 1. The molecule has 3 rings (SSSR count). The van der Waals surface area contributed by atoms with Crippen molar-refractivity contribution in [3.63, 3.8) is 0 Å². The number of hydrogen-bond acceptors (Lipinski definition) is 1. The molecule has 1 N–H and O–H groups in total. The largest absolute Gasteiger partial charge is 0.507 e. The molecule has 0 saturated carbocycles. The monoisotopic (exact) mass is 372 g/mol. The lowest BCUT2D eigenvalue weighted by atomic mass is 9.75. The van der Waals surface area contributed by atoms with Crippen LogP contribution in [0.2, 0.25) is 0 Å². The Labute approximate surface area is 170 Å². The molecule has 0 unspecified atom stereocenters. The maximum atomic E-state index is 11.5. The van der Waals surface area contributed by atoms with Crippen molar-refractivity contribution < 1.29 is 5.11 Å². The predicted molar refractivity (Wildman–Crippen MR) is 121 cm³/mol. The molecule has 0 saturated heterocycles. The van der Waals surface area contributed by atoms with Gasteiger partial charge in [-0.2, -0.15) is 0 Å². The quantitative estimate of drug-likeness (QED) is 0.479. The predicted octanol–water partition coefficient (Wildman–Crippen LogP) is 8.10. The summed E-state index contributed by atoms with van der Waals surface area (Å²) in [7, 11) is 0. The molecule has 3 aromatic rings. The van der Waals surface area contributed by atoms with Crippen LogP contribution in [0.25, 0.3) is 22.3 Å². The zero-order valence-corrected chi connectivity index (χ0v) is 18.0. The Morgan fingerprint density at radius 1 is 0.500 bits per heavy atom. The normalized spacial score (nSPS) is 11.6. The summed E-state index contributed by atoms with van der Waals surface area (Å²) in [6, 6.07) is 21.1. The molecule has 0 radical (unpaired) electrons. The second-order valence-electron chi connectivity index (χ2n) is 8.54. The number of aromatic hydroxyl groups is 1. The van der Waals surface area contributed by atoms with Crippen LogP contribution in [0.5, 0.6) is 5.75 Å². The highest BCUT2D eigenvalue weighted by atomic mass is 16.3. The van der Waals surface area contributed by atoms with Crippen molar-refractivity contribution in [1.82, 2.24) is 0 Å². The van der Waals surface area contributed by atoms with E-state index in [9.17, 15) is 5.11 Å². The van der Waals surface area contributed by atoms with Gasteiger partial charge in [0.25, 0.3) is 0 Å². The van der Waals surface area contributed by atoms with Crippen LogP contribution in [0.3, 0.4) is 0 Å².